The fourth-order valence-electron chi connectivity index (χ4n) is 0.863. The van der Waals surface area contributed by atoms with E-state index in [0.717, 1.165) is 18.7 Å². The Morgan fingerprint density at radius 3 is 3.00 bits per heavy atom. The summed E-state index contributed by atoms with van der Waals surface area (Å²) in [6.45, 7) is 2.02. The smallest absolute Gasteiger partial charge is 0.290 e. The fraction of sp³-hybridized carbons (Fsp3) is 0.571. The number of rotatable bonds is 4. The van der Waals surface area contributed by atoms with Gasteiger partial charge in [0.1, 0.15) is 5.82 Å². The predicted octanol–water partition coefficient (Wildman–Crippen LogP) is 2.68. The standard InChI is InChI=1S/C7H10F2N2S/c1-2-3-5-10-4-6(11-5)12-7(8)9/h4,7H,2-3H2,1H3,(H,10,11). The number of aryl methyl sites for hydroxylation is 1. The number of thioether (sulfide) groups is 1. The molecule has 0 aliphatic rings. The fourth-order valence-corrected chi connectivity index (χ4v) is 1.35. The SMILES string of the molecule is CCCc1ncc(SC(F)F)[nH]1. The molecule has 1 heterocycles. The lowest BCUT2D eigenvalue weighted by Gasteiger charge is -1.93. The summed E-state index contributed by atoms with van der Waals surface area (Å²) in [5, 5.41) is 0.438. The minimum atomic E-state index is -2.38. The molecule has 0 aliphatic heterocycles. The first-order valence-corrected chi connectivity index (χ1v) is 4.59. The van der Waals surface area contributed by atoms with E-state index in [1.165, 1.54) is 6.20 Å². The van der Waals surface area contributed by atoms with E-state index in [1.54, 1.807) is 0 Å². The highest BCUT2D eigenvalue weighted by Crippen LogP contribution is 2.22. The second-order valence-electron chi connectivity index (χ2n) is 2.32. The third-order valence-electron chi connectivity index (χ3n) is 1.31. The maximum absolute atomic E-state index is 11.8. The zero-order chi connectivity index (χ0) is 8.97. The molecule has 5 heteroatoms. The Bertz CT molecular complexity index is 237. The molecule has 1 rings (SSSR count). The van der Waals surface area contributed by atoms with Crippen LogP contribution in [0.15, 0.2) is 11.2 Å². The quantitative estimate of drug-likeness (QED) is 0.743. The van der Waals surface area contributed by atoms with Gasteiger partial charge >= 0.3 is 0 Å². The number of aromatic nitrogens is 2. The number of H-pyrrole nitrogens is 1. The van der Waals surface area contributed by atoms with Gasteiger partial charge in [0.25, 0.3) is 5.76 Å². The monoisotopic (exact) mass is 192 g/mol. The van der Waals surface area contributed by atoms with Crippen LogP contribution in [0, 0.1) is 0 Å². The Kier molecular flexibility index (Phi) is 3.52. The molecule has 0 fully saturated rings. The molecule has 1 aromatic rings. The van der Waals surface area contributed by atoms with Gasteiger partial charge in [-0.25, -0.2) is 4.98 Å². The number of hydrogen-bond donors (Lipinski definition) is 1. The molecule has 1 N–H and O–H groups in total. The summed E-state index contributed by atoms with van der Waals surface area (Å²) in [7, 11) is 0. The minimum absolute atomic E-state index is 0.438. The highest BCUT2D eigenvalue weighted by Gasteiger charge is 2.07. The van der Waals surface area contributed by atoms with E-state index >= 15 is 0 Å². The van der Waals surface area contributed by atoms with E-state index in [9.17, 15) is 8.78 Å². The molecule has 0 aliphatic carbocycles. The van der Waals surface area contributed by atoms with Crippen molar-refractivity contribution in [2.75, 3.05) is 0 Å². The lowest BCUT2D eigenvalue weighted by atomic mass is 10.3. The molecular formula is C7H10F2N2S. The highest BCUT2D eigenvalue weighted by atomic mass is 32.2. The minimum Gasteiger partial charge on any atom is -0.337 e. The second kappa shape index (κ2) is 4.45. The first kappa shape index (κ1) is 9.51. The third kappa shape index (κ3) is 2.81. The Labute approximate surface area is 73.8 Å². The predicted molar refractivity (Wildman–Crippen MR) is 44.4 cm³/mol. The van der Waals surface area contributed by atoms with Gasteiger partial charge in [0.2, 0.25) is 0 Å². The van der Waals surface area contributed by atoms with Gasteiger partial charge in [-0.05, 0) is 18.2 Å². The van der Waals surface area contributed by atoms with Crippen molar-refractivity contribution >= 4 is 11.8 Å². The lowest BCUT2D eigenvalue weighted by molar-refractivity contribution is 0.252. The number of imidazole rings is 1. The molecule has 0 atom stereocenters. The van der Waals surface area contributed by atoms with Gasteiger partial charge in [0.05, 0.1) is 11.2 Å². The molecule has 68 valence electrons. The van der Waals surface area contributed by atoms with Gasteiger partial charge in [0.15, 0.2) is 0 Å². The summed E-state index contributed by atoms with van der Waals surface area (Å²) < 4.78 is 23.7. The summed E-state index contributed by atoms with van der Waals surface area (Å²) >= 11 is 0.494. The van der Waals surface area contributed by atoms with E-state index in [0.29, 0.717) is 16.8 Å². The highest BCUT2D eigenvalue weighted by molar-refractivity contribution is 7.99. The van der Waals surface area contributed by atoms with Crippen molar-refractivity contribution in [2.24, 2.45) is 0 Å². The van der Waals surface area contributed by atoms with Gasteiger partial charge in [-0.15, -0.1) is 0 Å². The van der Waals surface area contributed by atoms with Crippen molar-refractivity contribution in [3.05, 3.63) is 12.0 Å². The topological polar surface area (TPSA) is 28.7 Å². The van der Waals surface area contributed by atoms with E-state index in [-0.39, 0.29) is 0 Å². The van der Waals surface area contributed by atoms with Crippen molar-refractivity contribution in [2.45, 2.75) is 30.5 Å². The van der Waals surface area contributed by atoms with Gasteiger partial charge in [-0.1, -0.05) is 6.92 Å². The molecule has 0 saturated heterocycles. The van der Waals surface area contributed by atoms with Gasteiger partial charge in [-0.3, -0.25) is 0 Å². The van der Waals surface area contributed by atoms with Crippen molar-refractivity contribution < 1.29 is 8.78 Å². The van der Waals surface area contributed by atoms with Crippen molar-refractivity contribution in [3.8, 4) is 0 Å². The van der Waals surface area contributed by atoms with Crippen LogP contribution in [0.25, 0.3) is 0 Å². The third-order valence-corrected chi connectivity index (χ3v) is 1.95. The summed E-state index contributed by atoms with van der Waals surface area (Å²) in [6, 6.07) is 0. The number of nitrogens with zero attached hydrogens (tertiary/aromatic N) is 1. The molecule has 0 bridgehead atoms. The Balaban J connectivity index is 2.52. The molecule has 0 spiro atoms. The van der Waals surface area contributed by atoms with E-state index < -0.39 is 5.76 Å². The summed E-state index contributed by atoms with van der Waals surface area (Å²) in [5.41, 5.74) is 0. The van der Waals surface area contributed by atoms with Crippen molar-refractivity contribution in [1.29, 1.82) is 0 Å². The van der Waals surface area contributed by atoms with Crippen LogP contribution in [0.5, 0.6) is 0 Å². The number of alkyl halides is 2. The molecule has 0 radical (unpaired) electrons. The van der Waals surface area contributed by atoms with Gasteiger partial charge in [-0.2, -0.15) is 8.78 Å². The molecular weight excluding hydrogens is 182 g/mol. The Morgan fingerprint density at radius 1 is 1.67 bits per heavy atom. The van der Waals surface area contributed by atoms with E-state index in [1.807, 2.05) is 6.92 Å². The first-order valence-electron chi connectivity index (χ1n) is 3.71. The molecule has 1 aromatic heterocycles. The second-order valence-corrected chi connectivity index (χ2v) is 3.35. The van der Waals surface area contributed by atoms with Crippen molar-refractivity contribution in [3.63, 3.8) is 0 Å². The molecule has 12 heavy (non-hydrogen) atoms. The van der Waals surface area contributed by atoms with Crippen LogP contribution < -0.4 is 0 Å². The zero-order valence-corrected chi connectivity index (χ0v) is 7.50. The first-order chi connectivity index (χ1) is 5.72. The molecule has 0 aromatic carbocycles. The average molecular weight is 192 g/mol. The van der Waals surface area contributed by atoms with Crippen LogP contribution in [-0.4, -0.2) is 15.7 Å². The summed E-state index contributed by atoms with van der Waals surface area (Å²) in [6.07, 6.45) is 3.22. The molecule has 2 nitrogen and oxygen atoms in total. The van der Waals surface area contributed by atoms with Gasteiger partial charge < -0.3 is 4.98 Å². The molecule has 0 unspecified atom stereocenters. The number of aromatic amines is 1. The zero-order valence-electron chi connectivity index (χ0n) is 6.68. The average Bonchev–Trinajstić information content (AvgIpc) is 2.36. The Hall–Kier alpha value is -0.580. The maximum atomic E-state index is 11.8. The van der Waals surface area contributed by atoms with Crippen LogP contribution in [0.1, 0.15) is 19.2 Å². The normalized spacial score (nSPS) is 11.0. The van der Waals surface area contributed by atoms with Crippen LogP contribution >= 0.6 is 11.8 Å². The van der Waals surface area contributed by atoms with E-state index in [4.69, 9.17) is 0 Å². The van der Waals surface area contributed by atoms with Crippen LogP contribution in [0.4, 0.5) is 8.78 Å². The van der Waals surface area contributed by atoms with Crippen molar-refractivity contribution in [1.82, 2.24) is 9.97 Å². The molecule has 0 saturated carbocycles. The number of nitrogens with one attached hydrogen (secondary N) is 1. The number of halogens is 2. The maximum Gasteiger partial charge on any atom is 0.290 e. The largest absolute Gasteiger partial charge is 0.337 e. The van der Waals surface area contributed by atoms with Crippen LogP contribution in [-0.2, 0) is 6.42 Å². The van der Waals surface area contributed by atoms with E-state index in [2.05, 4.69) is 9.97 Å². The summed E-state index contributed by atoms with van der Waals surface area (Å²) in [5.74, 6) is -1.60. The summed E-state index contributed by atoms with van der Waals surface area (Å²) in [4.78, 5) is 6.77. The van der Waals surface area contributed by atoms with Crippen LogP contribution in [0.2, 0.25) is 0 Å². The lowest BCUT2D eigenvalue weighted by Crippen LogP contribution is -1.85. The number of hydrogen-bond acceptors (Lipinski definition) is 2. The van der Waals surface area contributed by atoms with Gasteiger partial charge in [0, 0.05) is 6.42 Å². The van der Waals surface area contributed by atoms with Crippen LogP contribution in [0.3, 0.4) is 0 Å². The molecule has 0 amide bonds. The Morgan fingerprint density at radius 2 is 2.42 bits per heavy atom.